The molecule has 0 saturated carbocycles. The van der Waals surface area contributed by atoms with Crippen molar-refractivity contribution in [3.05, 3.63) is 84.8 Å². The Morgan fingerprint density at radius 2 is 1.58 bits per heavy atom. The molecule has 0 spiro atoms. The minimum atomic E-state index is 0.0168. The van der Waals surface area contributed by atoms with Gasteiger partial charge in [-0.2, -0.15) is 0 Å². The first-order valence-electron chi connectivity index (χ1n) is 10.7. The average Bonchev–Trinajstić information content (AvgIpc) is 3.28. The monoisotopic (exact) mass is 412 g/mol. The molecule has 0 bridgehead atoms. The molecule has 0 unspecified atom stereocenters. The molecule has 156 valence electrons. The third-order valence-corrected chi connectivity index (χ3v) is 5.83. The molecular weight excluding hydrogens is 388 g/mol. The number of hydrogen-bond acceptors (Lipinski definition) is 4. The second-order valence-corrected chi connectivity index (χ2v) is 7.85. The number of likely N-dealkylation sites (tertiary alicyclic amines) is 1. The maximum absolute atomic E-state index is 12.6. The summed E-state index contributed by atoms with van der Waals surface area (Å²) in [6, 6.07) is 25.9. The first kappa shape index (κ1) is 19.4. The van der Waals surface area contributed by atoms with Crippen LogP contribution in [0.3, 0.4) is 0 Å². The molecule has 0 aliphatic carbocycles. The lowest BCUT2D eigenvalue weighted by molar-refractivity contribution is -0.134. The minimum Gasteiger partial charge on any atom is -0.484 e. The van der Waals surface area contributed by atoms with Crippen LogP contribution in [0.15, 0.2) is 83.3 Å². The molecule has 1 aliphatic heterocycles. The predicted octanol–water partition coefficient (Wildman–Crippen LogP) is 5.28. The summed E-state index contributed by atoms with van der Waals surface area (Å²) in [5.74, 6) is 1.75. The van der Waals surface area contributed by atoms with E-state index < -0.39 is 0 Å². The number of fused-ring (bicyclic) bond motifs is 1. The molecule has 31 heavy (non-hydrogen) atoms. The van der Waals surface area contributed by atoms with Crippen LogP contribution in [0.1, 0.15) is 24.7 Å². The van der Waals surface area contributed by atoms with Crippen LogP contribution in [-0.2, 0) is 4.79 Å². The quantitative estimate of drug-likeness (QED) is 0.448. The summed E-state index contributed by atoms with van der Waals surface area (Å²) in [5, 5.41) is 0. The summed E-state index contributed by atoms with van der Waals surface area (Å²) < 4.78 is 11.7. The highest BCUT2D eigenvalue weighted by atomic mass is 16.5. The zero-order valence-corrected chi connectivity index (χ0v) is 17.2. The normalized spacial score (nSPS) is 14.6. The van der Waals surface area contributed by atoms with Gasteiger partial charge >= 0.3 is 0 Å². The number of ether oxygens (including phenoxy) is 1. The molecule has 1 aliphatic rings. The van der Waals surface area contributed by atoms with E-state index in [1.165, 1.54) is 0 Å². The van der Waals surface area contributed by atoms with Gasteiger partial charge < -0.3 is 14.1 Å². The highest BCUT2D eigenvalue weighted by molar-refractivity contribution is 5.78. The summed E-state index contributed by atoms with van der Waals surface area (Å²) in [6.07, 6.45) is 1.70. The molecule has 3 aromatic carbocycles. The fourth-order valence-corrected chi connectivity index (χ4v) is 4.05. The van der Waals surface area contributed by atoms with E-state index in [0.717, 1.165) is 41.0 Å². The smallest absolute Gasteiger partial charge is 0.260 e. The molecule has 5 nitrogen and oxygen atoms in total. The first-order chi connectivity index (χ1) is 15.3. The Labute approximate surface area is 181 Å². The molecule has 0 atom stereocenters. The number of amides is 1. The van der Waals surface area contributed by atoms with Crippen LogP contribution in [-0.4, -0.2) is 35.5 Å². The number of carbonyl (C=O) groups is 1. The Hall–Kier alpha value is -3.60. The van der Waals surface area contributed by atoms with Gasteiger partial charge in [0.2, 0.25) is 0 Å². The zero-order valence-electron chi connectivity index (χ0n) is 17.2. The lowest BCUT2D eigenvalue weighted by Gasteiger charge is -2.30. The van der Waals surface area contributed by atoms with Gasteiger partial charge in [-0.25, -0.2) is 4.98 Å². The van der Waals surface area contributed by atoms with Gasteiger partial charge in [0.05, 0.1) is 0 Å². The van der Waals surface area contributed by atoms with Crippen molar-refractivity contribution in [1.29, 1.82) is 0 Å². The Morgan fingerprint density at radius 1 is 0.903 bits per heavy atom. The standard InChI is InChI=1S/C26H24N2O3/c29-25(18-30-22-12-10-20(11-13-22)19-6-2-1-3-7-19)28-16-14-21(15-17-28)26-27-23-8-4-5-9-24(23)31-26/h1-13,21H,14-18H2. The van der Waals surface area contributed by atoms with E-state index in [0.29, 0.717) is 18.8 Å². The molecule has 5 rings (SSSR count). The number of aromatic nitrogens is 1. The highest BCUT2D eigenvalue weighted by Gasteiger charge is 2.27. The highest BCUT2D eigenvalue weighted by Crippen LogP contribution is 2.30. The van der Waals surface area contributed by atoms with Crippen LogP contribution in [0.25, 0.3) is 22.2 Å². The molecule has 5 heteroatoms. The first-order valence-corrected chi connectivity index (χ1v) is 10.7. The Morgan fingerprint density at radius 3 is 2.32 bits per heavy atom. The molecule has 1 aromatic heterocycles. The van der Waals surface area contributed by atoms with Crippen LogP contribution in [0.4, 0.5) is 0 Å². The number of carbonyl (C=O) groups excluding carboxylic acids is 1. The zero-order chi connectivity index (χ0) is 21.0. The summed E-state index contributed by atoms with van der Waals surface area (Å²) in [6.45, 7) is 1.44. The van der Waals surface area contributed by atoms with Crippen molar-refractivity contribution in [3.8, 4) is 16.9 Å². The maximum Gasteiger partial charge on any atom is 0.260 e. The number of oxazole rings is 1. The molecule has 1 fully saturated rings. The van der Waals surface area contributed by atoms with Crippen molar-refractivity contribution in [3.63, 3.8) is 0 Å². The summed E-state index contributed by atoms with van der Waals surface area (Å²) >= 11 is 0. The SMILES string of the molecule is O=C(COc1ccc(-c2ccccc2)cc1)N1CCC(c2nc3ccccc3o2)CC1. The lowest BCUT2D eigenvalue weighted by atomic mass is 9.97. The second-order valence-electron chi connectivity index (χ2n) is 7.85. The lowest BCUT2D eigenvalue weighted by Crippen LogP contribution is -2.40. The van der Waals surface area contributed by atoms with Gasteiger partial charge in [-0.3, -0.25) is 4.79 Å². The molecule has 0 N–H and O–H groups in total. The third kappa shape index (κ3) is 4.31. The van der Waals surface area contributed by atoms with E-state index in [9.17, 15) is 4.79 Å². The van der Waals surface area contributed by atoms with Crippen LogP contribution in [0.2, 0.25) is 0 Å². The molecular formula is C26H24N2O3. The number of hydrogen-bond donors (Lipinski definition) is 0. The van der Waals surface area contributed by atoms with E-state index in [2.05, 4.69) is 17.1 Å². The van der Waals surface area contributed by atoms with E-state index in [1.807, 2.05) is 71.6 Å². The van der Waals surface area contributed by atoms with Crippen molar-refractivity contribution in [1.82, 2.24) is 9.88 Å². The number of rotatable bonds is 5. The number of para-hydroxylation sites is 2. The van der Waals surface area contributed by atoms with E-state index in [-0.39, 0.29) is 18.4 Å². The van der Waals surface area contributed by atoms with Gasteiger partial charge in [0.1, 0.15) is 11.3 Å². The van der Waals surface area contributed by atoms with Gasteiger partial charge in [0.15, 0.2) is 18.1 Å². The minimum absolute atomic E-state index is 0.0168. The number of piperidine rings is 1. The Bertz CT molecular complexity index is 1130. The Kier molecular flexibility index (Phi) is 5.40. The summed E-state index contributed by atoms with van der Waals surface area (Å²) in [7, 11) is 0. The van der Waals surface area contributed by atoms with Gasteiger partial charge in [-0.1, -0.05) is 54.6 Å². The number of nitrogens with zero attached hydrogens (tertiary/aromatic N) is 2. The van der Waals surface area contributed by atoms with Gasteiger partial charge in [0.25, 0.3) is 5.91 Å². The van der Waals surface area contributed by atoms with Crippen LogP contribution < -0.4 is 4.74 Å². The molecule has 4 aromatic rings. The van der Waals surface area contributed by atoms with Crippen LogP contribution >= 0.6 is 0 Å². The van der Waals surface area contributed by atoms with Crippen molar-refractivity contribution < 1.29 is 13.9 Å². The largest absolute Gasteiger partial charge is 0.484 e. The maximum atomic E-state index is 12.6. The molecule has 0 radical (unpaired) electrons. The summed E-state index contributed by atoms with van der Waals surface area (Å²) in [5.41, 5.74) is 4.00. The van der Waals surface area contributed by atoms with Crippen molar-refractivity contribution in [2.75, 3.05) is 19.7 Å². The van der Waals surface area contributed by atoms with Crippen molar-refractivity contribution in [2.45, 2.75) is 18.8 Å². The fourth-order valence-electron chi connectivity index (χ4n) is 4.05. The van der Waals surface area contributed by atoms with Gasteiger partial charge in [-0.15, -0.1) is 0 Å². The van der Waals surface area contributed by atoms with E-state index >= 15 is 0 Å². The number of benzene rings is 3. The van der Waals surface area contributed by atoms with E-state index in [1.54, 1.807) is 0 Å². The Balaban J connectivity index is 1.13. The van der Waals surface area contributed by atoms with Gasteiger partial charge in [-0.05, 0) is 48.2 Å². The van der Waals surface area contributed by atoms with E-state index in [4.69, 9.17) is 9.15 Å². The molecule has 1 amide bonds. The topological polar surface area (TPSA) is 55.6 Å². The van der Waals surface area contributed by atoms with Crippen molar-refractivity contribution >= 4 is 17.0 Å². The summed E-state index contributed by atoms with van der Waals surface area (Å²) in [4.78, 5) is 19.1. The van der Waals surface area contributed by atoms with Crippen molar-refractivity contribution in [2.24, 2.45) is 0 Å². The molecule has 1 saturated heterocycles. The second kappa shape index (κ2) is 8.64. The van der Waals surface area contributed by atoms with Gasteiger partial charge in [0, 0.05) is 19.0 Å². The molecule has 2 heterocycles. The predicted molar refractivity (Wildman–Crippen MR) is 120 cm³/mol. The average molecular weight is 412 g/mol. The van der Waals surface area contributed by atoms with Crippen LogP contribution in [0.5, 0.6) is 5.75 Å². The third-order valence-electron chi connectivity index (χ3n) is 5.83. The fraction of sp³-hybridized carbons (Fsp3) is 0.231. The van der Waals surface area contributed by atoms with Crippen LogP contribution in [0, 0.1) is 0 Å².